The van der Waals surface area contributed by atoms with Gasteiger partial charge in [-0.05, 0) is 191 Å². The van der Waals surface area contributed by atoms with Crippen molar-refractivity contribution in [1.29, 1.82) is 0 Å². The van der Waals surface area contributed by atoms with Gasteiger partial charge in [-0.25, -0.2) is 0 Å². The van der Waals surface area contributed by atoms with Gasteiger partial charge in [-0.2, -0.15) is 0 Å². The zero-order valence-electron chi connectivity index (χ0n) is 44.9. The van der Waals surface area contributed by atoms with E-state index in [1.807, 2.05) is 0 Å². The molecule has 0 bridgehead atoms. The predicted octanol–water partition coefficient (Wildman–Crippen LogP) is 20.9. The van der Waals surface area contributed by atoms with E-state index in [0.717, 1.165) is 61.6 Å². The number of hydrogen-bond acceptors (Lipinski definition) is 3. The van der Waals surface area contributed by atoms with E-state index in [1.54, 1.807) is 0 Å². The van der Waals surface area contributed by atoms with Gasteiger partial charge in [-0.1, -0.05) is 188 Å². The Morgan fingerprint density at radius 3 is 1.64 bits per heavy atom. The fraction of sp³-hybridized carbons (Fsp3) is 0.0933. The molecule has 0 aliphatic heterocycles. The molecule has 3 heteroatoms. The normalized spacial score (nSPS) is 13.1. The molecule has 0 radical (unpaired) electrons. The molecule has 2 aliphatic rings. The Kier molecular flexibility index (Phi) is 11.1. The summed E-state index contributed by atoms with van der Waals surface area (Å²) in [7, 11) is 0. The molecule has 0 saturated heterocycles. The number of fused-ring (bicyclic) bond motifs is 16. The third kappa shape index (κ3) is 6.97. The summed E-state index contributed by atoms with van der Waals surface area (Å²) in [6, 6.07) is 83.6. The maximum Gasteiger partial charge on any atom is 0.160 e. The molecule has 0 unspecified atom stereocenters. The molecule has 1 heterocycles. The third-order valence-corrected chi connectivity index (χ3v) is 16.9. The molecule has 0 atom stereocenters. The van der Waals surface area contributed by atoms with Crippen LogP contribution in [-0.4, -0.2) is 0 Å². The van der Waals surface area contributed by atoms with E-state index in [9.17, 15) is 0 Å². The highest BCUT2D eigenvalue weighted by atomic mass is 16.3. The third-order valence-electron chi connectivity index (χ3n) is 16.9. The summed E-state index contributed by atoms with van der Waals surface area (Å²) < 4.78 is 7.43. The van der Waals surface area contributed by atoms with Gasteiger partial charge in [-0.15, -0.1) is 0 Å². The van der Waals surface area contributed by atoms with Gasteiger partial charge >= 0.3 is 0 Å². The van der Waals surface area contributed by atoms with Crippen LogP contribution in [0.2, 0.25) is 0 Å². The molecule has 0 N–H and O–H groups in total. The molecule has 374 valence electrons. The molecule has 11 aromatic carbocycles. The van der Waals surface area contributed by atoms with Crippen molar-refractivity contribution < 1.29 is 4.42 Å². The second-order valence-electron chi connectivity index (χ2n) is 21.3. The summed E-state index contributed by atoms with van der Waals surface area (Å²) in [4.78, 5) is 5.00. The SMILES string of the molecule is C/C=C\C=C(/C)c1cc(N(c2ccccc2C)c2cc3c(c4ccccc24)-c2c(cc(N(c4ccc(C)c(-c5ccccc5)c4)c4ccccc4C)c4oc5ccccc5c24)C32c3ccccc3-c3ccccc32)ccc1C. The first-order valence-electron chi connectivity index (χ1n) is 27.3. The highest BCUT2D eigenvalue weighted by molar-refractivity contribution is 6.24. The Hall–Kier alpha value is -9.44. The molecule has 0 saturated carbocycles. The van der Waals surface area contributed by atoms with Crippen molar-refractivity contribution in [2.75, 3.05) is 9.80 Å². The number of para-hydroxylation sites is 3. The summed E-state index contributed by atoms with van der Waals surface area (Å²) in [5.41, 5.74) is 27.1. The van der Waals surface area contributed by atoms with Gasteiger partial charge in [-0.3, -0.25) is 0 Å². The summed E-state index contributed by atoms with van der Waals surface area (Å²) in [5.74, 6) is 0. The molecule has 2 aliphatic carbocycles. The van der Waals surface area contributed by atoms with E-state index >= 15 is 0 Å². The lowest BCUT2D eigenvalue weighted by Crippen LogP contribution is -2.27. The van der Waals surface area contributed by atoms with Crippen LogP contribution in [-0.2, 0) is 5.41 Å². The van der Waals surface area contributed by atoms with Crippen LogP contribution >= 0.6 is 0 Å². The molecule has 14 rings (SSSR count). The summed E-state index contributed by atoms with van der Waals surface area (Å²) in [5, 5.41) is 4.58. The number of rotatable bonds is 9. The van der Waals surface area contributed by atoms with Crippen LogP contribution < -0.4 is 9.80 Å². The molecular formula is C75H58N2O. The van der Waals surface area contributed by atoms with Gasteiger partial charge in [0, 0.05) is 38.9 Å². The van der Waals surface area contributed by atoms with Crippen LogP contribution in [0.5, 0.6) is 0 Å². The fourth-order valence-corrected chi connectivity index (χ4v) is 13.3. The molecule has 12 aromatic rings. The number of anilines is 6. The minimum absolute atomic E-state index is 0.751. The Labute approximate surface area is 457 Å². The highest BCUT2D eigenvalue weighted by Gasteiger charge is 2.54. The number of nitrogens with zero attached hydrogens (tertiary/aromatic N) is 2. The standard InChI is InChI=1S/C75H58N2O/c1-7-8-24-47(2)60-43-53(41-39-48(60)3)76(66-36-21-12-25-50(66)5)68-45-64-71(58-32-15-14-31-57(58)68)73-65(75(64)62-34-19-16-29-55(62)56-30-17-20-35-63(56)75)46-69(74-72(73)59-33-18-23-38-70(59)78-74)77(67-37-22-13-26-51(67)6)54-42-40-49(4)61(44-54)52-27-10-9-11-28-52/h7-46H,1-6H3/b8-7-,47-24+. The van der Waals surface area contributed by atoms with Crippen LogP contribution in [0, 0.1) is 27.7 Å². The lowest BCUT2D eigenvalue weighted by atomic mass is 9.70. The van der Waals surface area contributed by atoms with Gasteiger partial charge < -0.3 is 14.2 Å². The highest BCUT2D eigenvalue weighted by Crippen LogP contribution is 2.67. The van der Waals surface area contributed by atoms with E-state index in [1.165, 1.54) is 94.2 Å². The molecule has 0 fully saturated rings. The second kappa shape index (κ2) is 18.4. The van der Waals surface area contributed by atoms with Crippen molar-refractivity contribution in [3.8, 4) is 33.4 Å². The maximum absolute atomic E-state index is 7.43. The molecule has 1 spiro atoms. The molecule has 78 heavy (non-hydrogen) atoms. The first-order chi connectivity index (χ1) is 38.3. The predicted molar refractivity (Wildman–Crippen MR) is 330 cm³/mol. The van der Waals surface area contributed by atoms with Crippen LogP contribution in [0.4, 0.5) is 34.1 Å². The summed E-state index contributed by atoms with van der Waals surface area (Å²) >= 11 is 0. The van der Waals surface area contributed by atoms with Crippen molar-refractivity contribution in [3.63, 3.8) is 0 Å². The van der Waals surface area contributed by atoms with Crippen LogP contribution in [0.3, 0.4) is 0 Å². The Morgan fingerprint density at radius 1 is 0.423 bits per heavy atom. The van der Waals surface area contributed by atoms with Crippen LogP contribution in [0.1, 0.15) is 63.9 Å². The minimum atomic E-state index is -0.751. The lowest BCUT2D eigenvalue weighted by molar-refractivity contribution is 0.668. The number of aryl methyl sites for hydroxylation is 4. The summed E-state index contributed by atoms with van der Waals surface area (Å²) in [6.07, 6.45) is 6.46. The van der Waals surface area contributed by atoms with Gasteiger partial charge in [0.25, 0.3) is 0 Å². The quantitative estimate of drug-likeness (QED) is 0.134. The Morgan fingerprint density at radius 2 is 0.962 bits per heavy atom. The van der Waals surface area contributed by atoms with Crippen molar-refractivity contribution in [2.24, 2.45) is 0 Å². The second-order valence-corrected chi connectivity index (χ2v) is 21.3. The van der Waals surface area contributed by atoms with Crippen molar-refractivity contribution in [2.45, 2.75) is 47.0 Å². The minimum Gasteiger partial charge on any atom is -0.454 e. The number of allylic oxidation sites excluding steroid dienone is 4. The average molecular weight is 1000 g/mol. The average Bonchev–Trinajstić information content (AvgIpc) is 3.02. The first kappa shape index (κ1) is 47.0. The number of hydrogen-bond donors (Lipinski definition) is 0. The molecule has 1 aromatic heterocycles. The topological polar surface area (TPSA) is 19.6 Å². The first-order valence-corrected chi connectivity index (χ1v) is 27.3. The monoisotopic (exact) mass is 1000 g/mol. The number of furan rings is 1. The lowest BCUT2D eigenvalue weighted by Gasteiger charge is -2.34. The molecular weight excluding hydrogens is 945 g/mol. The van der Waals surface area contributed by atoms with E-state index in [4.69, 9.17) is 4.42 Å². The van der Waals surface area contributed by atoms with E-state index < -0.39 is 5.41 Å². The Balaban J connectivity index is 1.16. The van der Waals surface area contributed by atoms with E-state index in [2.05, 4.69) is 294 Å². The van der Waals surface area contributed by atoms with Gasteiger partial charge in [0.2, 0.25) is 0 Å². The Bertz CT molecular complexity index is 4430. The zero-order chi connectivity index (χ0) is 52.8. The van der Waals surface area contributed by atoms with E-state index in [0.29, 0.717) is 0 Å². The molecule has 0 amide bonds. The van der Waals surface area contributed by atoms with Crippen molar-refractivity contribution in [3.05, 3.63) is 293 Å². The molecule has 3 nitrogen and oxygen atoms in total. The zero-order valence-corrected chi connectivity index (χ0v) is 44.9. The fourth-order valence-electron chi connectivity index (χ4n) is 13.3. The van der Waals surface area contributed by atoms with Crippen LogP contribution in [0.25, 0.3) is 71.7 Å². The maximum atomic E-state index is 7.43. The number of benzene rings is 11. The van der Waals surface area contributed by atoms with Gasteiger partial charge in [0.1, 0.15) is 5.58 Å². The van der Waals surface area contributed by atoms with E-state index in [-0.39, 0.29) is 0 Å². The van der Waals surface area contributed by atoms with Crippen LogP contribution in [0.15, 0.2) is 247 Å². The summed E-state index contributed by atoms with van der Waals surface area (Å²) in [6.45, 7) is 13.2. The van der Waals surface area contributed by atoms with Gasteiger partial charge in [0.15, 0.2) is 5.58 Å². The largest absolute Gasteiger partial charge is 0.454 e. The van der Waals surface area contributed by atoms with Crippen molar-refractivity contribution >= 4 is 72.4 Å². The smallest absolute Gasteiger partial charge is 0.160 e. The van der Waals surface area contributed by atoms with Gasteiger partial charge in [0.05, 0.1) is 16.8 Å². The van der Waals surface area contributed by atoms with Crippen molar-refractivity contribution in [1.82, 2.24) is 0 Å².